The quantitative estimate of drug-likeness (QED) is 0.0187. The molecule has 3 fully saturated rings. The third kappa shape index (κ3) is 21.3. The Morgan fingerprint density at radius 2 is 0.940 bits per heavy atom. The van der Waals surface area contributed by atoms with E-state index in [1.54, 1.807) is 24.3 Å². The van der Waals surface area contributed by atoms with Crippen molar-refractivity contribution in [2.75, 3.05) is 78.7 Å². The fraction of sp³-hybridized carbons (Fsp3) is 0.500. The van der Waals surface area contributed by atoms with E-state index in [4.69, 9.17) is 56.6 Å². The third-order valence-corrected chi connectivity index (χ3v) is 19.6. The largest absolute Gasteiger partial charge is 0.569 e. The van der Waals surface area contributed by atoms with Crippen molar-refractivity contribution < 1.29 is 87.0 Å². The third-order valence-electron chi connectivity index (χ3n) is 18.0. The summed E-state index contributed by atoms with van der Waals surface area (Å²) < 4.78 is 129. The summed E-state index contributed by atoms with van der Waals surface area (Å²) in [6.45, 7) is 29.9. The minimum Gasteiger partial charge on any atom is -0.534 e. The van der Waals surface area contributed by atoms with Gasteiger partial charge in [0.15, 0.2) is 11.6 Å². The Hall–Kier alpha value is -6.93. The van der Waals surface area contributed by atoms with Crippen molar-refractivity contribution in [1.82, 2.24) is 14.7 Å². The lowest BCUT2D eigenvalue weighted by molar-refractivity contribution is -0.156. The van der Waals surface area contributed by atoms with Crippen molar-refractivity contribution in [3.05, 3.63) is 153 Å². The van der Waals surface area contributed by atoms with Crippen molar-refractivity contribution in [3.8, 4) is 28.7 Å². The number of para-hydroxylation sites is 1. The van der Waals surface area contributed by atoms with Crippen LogP contribution in [0.25, 0.3) is 18.2 Å². The van der Waals surface area contributed by atoms with Crippen molar-refractivity contribution >= 4 is 77.1 Å². The average Bonchev–Trinajstić information content (AvgIpc) is 1.61. The van der Waals surface area contributed by atoms with Crippen LogP contribution in [0.3, 0.4) is 0 Å². The second-order valence-corrected chi connectivity index (χ2v) is 31.2. The molecule has 0 unspecified atom stereocenters. The SMILES string of the molecule is C=Cc1ccc2c(c1)OCC21CCN(CCC(=O)OC(C)(C)C)CC1.CC(C)(C)OC(=O)CCN1CCC2(CC1)COc1cc(/C=C/c3c(F)cccc3Cl)ccc12.CC(C)(C)OC(=O)CCN1CCC2(CC1)COc1cc(OS(=O)(=O)C(F)(F)F)ccc12.O[B]Oc1c(F)cccc1Cl. The number of likely N-dealkylation sites (tertiary alicyclic amines) is 3. The van der Waals surface area contributed by atoms with Gasteiger partial charge in [0, 0.05) is 64.2 Å². The van der Waals surface area contributed by atoms with Crippen molar-refractivity contribution in [2.24, 2.45) is 0 Å². The van der Waals surface area contributed by atoms with Crippen molar-refractivity contribution in [2.45, 2.75) is 159 Å². The molecule has 0 atom stereocenters. The van der Waals surface area contributed by atoms with Gasteiger partial charge in [-0.05, 0) is 200 Å². The van der Waals surface area contributed by atoms with Crippen LogP contribution in [0.15, 0.2) is 97.6 Å². The fourth-order valence-electron chi connectivity index (χ4n) is 12.9. The zero-order valence-electron chi connectivity index (χ0n) is 58.2. The van der Waals surface area contributed by atoms with E-state index in [1.165, 1.54) is 47.5 Å². The number of hydrogen-bond donors (Lipinski definition) is 1. The molecule has 26 heteroatoms. The second kappa shape index (κ2) is 33.0. The van der Waals surface area contributed by atoms with Gasteiger partial charge in [0.2, 0.25) is 0 Å². The van der Waals surface area contributed by atoms with Crippen LogP contribution in [0, 0.1) is 11.6 Å². The van der Waals surface area contributed by atoms with Crippen LogP contribution < -0.4 is 23.0 Å². The predicted octanol–water partition coefficient (Wildman–Crippen LogP) is 14.7. The number of nitrogens with zero attached hydrogens (tertiary/aromatic N) is 3. The molecule has 6 aliphatic rings. The number of benzene rings is 5. The first-order valence-corrected chi connectivity index (χ1v) is 35.6. The molecule has 17 nitrogen and oxygen atoms in total. The molecule has 3 spiro atoms. The monoisotopic (exact) mass is 1450 g/mol. The molecular weight excluding hydrogens is 1360 g/mol. The lowest BCUT2D eigenvalue weighted by atomic mass is 9.74. The van der Waals surface area contributed by atoms with Crippen LogP contribution in [-0.4, -0.2) is 155 Å². The van der Waals surface area contributed by atoms with Gasteiger partial charge < -0.3 is 57.0 Å². The van der Waals surface area contributed by atoms with Gasteiger partial charge in [-0.15, -0.1) is 0 Å². The molecule has 543 valence electrons. The lowest BCUT2D eigenvalue weighted by Crippen LogP contribution is -2.44. The zero-order valence-corrected chi connectivity index (χ0v) is 60.5. The summed E-state index contributed by atoms with van der Waals surface area (Å²) in [5.41, 5.74) is -1.15. The number of carbonyl (C=O) groups excluding carboxylic acids is 3. The van der Waals surface area contributed by atoms with Gasteiger partial charge in [0.05, 0.1) is 49.1 Å². The van der Waals surface area contributed by atoms with E-state index in [2.05, 4.69) is 60.4 Å². The molecule has 6 aliphatic heterocycles. The number of esters is 3. The molecule has 0 bridgehead atoms. The highest BCUT2D eigenvalue weighted by atomic mass is 35.5. The maximum absolute atomic E-state index is 14.0. The molecule has 1 N–H and O–H groups in total. The summed E-state index contributed by atoms with van der Waals surface area (Å²) in [6, 6.07) is 25.4. The first-order chi connectivity index (χ1) is 46.9. The van der Waals surface area contributed by atoms with E-state index < -0.39 is 44.0 Å². The first kappa shape index (κ1) is 78.8. The number of halogens is 7. The van der Waals surface area contributed by atoms with E-state index in [1.807, 2.05) is 80.5 Å². The lowest BCUT2D eigenvalue weighted by Gasteiger charge is -2.38. The van der Waals surface area contributed by atoms with Gasteiger partial charge in [-0.2, -0.15) is 21.6 Å². The van der Waals surface area contributed by atoms with Gasteiger partial charge in [0.25, 0.3) is 0 Å². The van der Waals surface area contributed by atoms with E-state index in [9.17, 15) is 44.8 Å². The molecule has 100 heavy (non-hydrogen) atoms. The van der Waals surface area contributed by atoms with Crippen LogP contribution in [0.4, 0.5) is 22.0 Å². The highest BCUT2D eigenvalue weighted by Crippen LogP contribution is 2.49. The van der Waals surface area contributed by atoms with Gasteiger partial charge in [-0.1, -0.05) is 84.4 Å². The van der Waals surface area contributed by atoms with Crippen LogP contribution in [0.1, 0.15) is 153 Å². The fourth-order valence-corrected chi connectivity index (χ4v) is 13.8. The minimum atomic E-state index is -5.73. The Kier molecular flexibility index (Phi) is 26.0. The molecule has 0 amide bonds. The molecular formula is C74H90BCl2F5N3O14S. The summed E-state index contributed by atoms with van der Waals surface area (Å²) in [5, 5.41) is 8.71. The van der Waals surface area contributed by atoms with Gasteiger partial charge in [-0.3, -0.25) is 14.4 Å². The van der Waals surface area contributed by atoms with Gasteiger partial charge in [0.1, 0.15) is 45.6 Å². The maximum atomic E-state index is 14.0. The normalized spacial score (nSPS) is 17.6. The number of hydrogen-bond acceptors (Lipinski definition) is 17. The molecule has 6 heterocycles. The number of rotatable bonds is 16. The van der Waals surface area contributed by atoms with Crippen molar-refractivity contribution in [1.29, 1.82) is 0 Å². The van der Waals surface area contributed by atoms with Gasteiger partial charge >= 0.3 is 41.2 Å². The number of alkyl halides is 3. The molecule has 5 aromatic rings. The number of carbonyl (C=O) groups is 3. The molecule has 0 aromatic heterocycles. The predicted molar refractivity (Wildman–Crippen MR) is 375 cm³/mol. The highest BCUT2D eigenvalue weighted by Gasteiger charge is 2.50. The Morgan fingerprint density at radius 1 is 0.560 bits per heavy atom. The molecule has 1 radical (unpaired) electrons. The van der Waals surface area contributed by atoms with E-state index >= 15 is 0 Å². The Balaban J connectivity index is 0.000000178. The molecule has 0 saturated carbocycles. The summed E-state index contributed by atoms with van der Waals surface area (Å²) in [7, 11) is -5.35. The highest BCUT2D eigenvalue weighted by molar-refractivity contribution is 7.88. The van der Waals surface area contributed by atoms with Crippen LogP contribution in [-0.2, 0) is 55.0 Å². The second-order valence-electron chi connectivity index (χ2n) is 28.8. The summed E-state index contributed by atoms with van der Waals surface area (Å²) in [5.74, 6) is 0.184. The van der Waals surface area contributed by atoms with Crippen LogP contribution in [0.2, 0.25) is 10.0 Å². The summed E-state index contributed by atoms with van der Waals surface area (Å²) >= 11 is 11.6. The molecule has 11 rings (SSSR count). The zero-order chi connectivity index (χ0) is 73.1. The average molecular weight is 1450 g/mol. The Labute approximate surface area is 594 Å². The van der Waals surface area contributed by atoms with Crippen LogP contribution >= 0.6 is 23.2 Å². The summed E-state index contributed by atoms with van der Waals surface area (Å²) in [4.78, 5) is 42.7. The Morgan fingerprint density at radius 3 is 1.32 bits per heavy atom. The van der Waals surface area contributed by atoms with Gasteiger partial charge in [-0.25, -0.2) is 8.78 Å². The smallest absolute Gasteiger partial charge is 0.534 e. The number of fused-ring (bicyclic) bond motifs is 6. The minimum absolute atomic E-state index is 0.0227. The number of piperidine rings is 3. The topological polar surface area (TPSA) is 189 Å². The summed E-state index contributed by atoms with van der Waals surface area (Å²) in [6.07, 6.45) is 12.2. The van der Waals surface area contributed by atoms with E-state index in [0.29, 0.717) is 63.0 Å². The van der Waals surface area contributed by atoms with E-state index in [-0.39, 0.29) is 50.7 Å². The maximum Gasteiger partial charge on any atom is 0.569 e. The first-order valence-electron chi connectivity index (χ1n) is 33.4. The standard InChI is InChI=1S/C27H31ClFNO3.C21H29NO3.C20H26F3NO6S.C6H4BClFO2/c1-26(2,3)33-25(31)11-14-30-15-12-27(13-16-30)18-32-24-17-19(8-10-21(24)27)7-9-20-22(28)5-4-6-23(20)29;1-5-16-6-7-17-18(14-16)24-15-21(17)9-12-22(13-10-21)11-8-19(23)25-20(2,3)4;1-18(2,3)29-17(25)6-9-24-10-7-19(8-11-24)13-28-16-12-14(4-5-15(16)19)30-31(26,27)20(21,22)23;8-4-2-1-3-5(9)6(4)11-7-10/h4-10,17H,11-16,18H2,1-3H3;5-7,14H,1,8-13,15H2,2-4H3;4-5,12H,6-11,13H2,1-3H3;1-3,10H/b9-7+;;;. The number of ether oxygens (including phenoxy) is 6. The Bertz CT molecular complexity index is 3790. The van der Waals surface area contributed by atoms with Crippen molar-refractivity contribution in [3.63, 3.8) is 0 Å². The molecule has 0 aliphatic carbocycles. The van der Waals surface area contributed by atoms with Crippen LogP contribution in [0.5, 0.6) is 28.7 Å². The van der Waals surface area contributed by atoms with E-state index in [0.717, 1.165) is 126 Å². The molecule has 5 aromatic carbocycles. The molecule has 3 saturated heterocycles.